The zero-order valence-corrected chi connectivity index (χ0v) is 12.4. The molecule has 1 aliphatic heterocycles. The summed E-state index contributed by atoms with van der Waals surface area (Å²) in [5.74, 6) is 0.155. The minimum atomic E-state index is -0.671. The van der Waals surface area contributed by atoms with Gasteiger partial charge in [0, 0.05) is 5.56 Å². The standard InChI is InChI=1S/C13H13Cl2N3O2/c1-20-11(19)13(4-5-13)18-6-7-9(17-12(18)16)3-2-8(14)10(7)15/h2-3H,4-6H2,1H3,(H2,16,17)/p+1. The fourth-order valence-corrected chi connectivity index (χ4v) is 2.99. The number of fused-ring (bicyclic) bond motifs is 1. The largest absolute Gasteiger partial charge is 0.466 e. The van der Waals surface area contributed by atoms with Crippen LogP contribution in [0.5, 0.6) is 0 Å². The van der Waals surface area contributed by atoms with E-state index < -0.39 is 5.54 Å². The maximum atomic E-state index is 12.0. The van der Waals surface area contributed by atoms with Crippen molar-refractivity contribution in [3.63, 3.8) is 0 Å². The van der Waals surface area contributed by atoms with E-state index in [-0.39, 0.29) is 5.97 Å². The molecule has 106 valence electrons. The molecule has 3 rings (SSSR count). The molecule has 3 N–H and O–H groups in total. The number of hydrogen-bond acceptors (Lipinski definition) is 4. The molecule has 0 atom stereocenters. The third-order valence-electron chi connectivity index (χ3n) is 3.87. The number of benzene rings is 1. The van der Waals surface area contributed by atoms with Gasteiger partial charge in [-0.3, -0.25) is 5.73 Å². The number of anilines is 1. The number of nitrogens with two attached hydrogens (primary N) is 1. The lowest BCUT2D eigenvalue weighted by atomic mass is 10.1. The Hall–Kier alpha value is -1.46. The van der Waals surface area contributed by atoms with E-state index in [1.54, 1.807) is 6.07 Å². The van der Waals surface area contributed by atoms with Crippen LogP contribution in [-0.4, -0.2) is 29.2 Å². The van der Waals surface area contributed by atoms with Gasteiger partial charge in [0.15, 0.2) is 5.54 Å². The molecule has 1 saturated carbocycles. The number of methoxy groups -OCH3 is 1. The van der Waals surface area contributed by atoms with Crippen LogP contribution in [0.15, 0.2) is 12.1 Å². The highest BCUT2D eigenvalue weighted by Crippen LogP contribution is 2.44. The Balaban J connectivity index is 2.03. The van der Waals surface area contributed by atoms with Crippen molar-refractivity contribution in [1.82, 2.24) is 0 Å². The first-order valence-electron chi connectivity index (χ1n) is 6.22. The van der Waals surface area contributed by atoms with E-state index in [1.165, 1.54) is 7.11 Å². The summed E-state index contributed by atoms with van der Waals surface area (Å²) in [7, 11) is 1.38. The molecule has 0 bridgehead atoms. The Morgan fingerprint density at radius 1 is 1.45 bits per heavy atom. The Morgan fingerprint density at radius 2 is 2.15 bits per heavy atom. The summed E-state index contributed by atoms with van der Waals surface area (Å²) < 4.78 is 6.69. The first kappa shape index (κ1) is 13.5. The third kappa shape index (κ3) is 1.84. The van der Waals surface area contributed by atoms with Crippen LogP contribution in [-0.2, 0) is 16.1 Å². The maximum absolute atomic E-state index is 12.0. The minimum absolute atomic E-state index is 0.274. The summed E-state index contributed by atoms with van der Waals surface area (Å²) in [6.07, 6.45) is 1.44. The number of carbonyl (C=O) groups is 1. The number of carbonyl (C=O) groups excluding carboxylic acids is 1. The number of guanidine groups is 1. The molecule has 20 heavy (non-hydrogen) atoms. The summed E-state index contributed by atoms with van der Waals surface area (Å²) in [6, 6.07) is 3.54. The second kappa shape index (κ2) is 4.53. The van der Waals surface area contributed by atoms with E-state index in [9.17, 15) is 4.79 Å². The van der Waals surface area contributed by atoms with Crippen LogP contribution in [0.25, 0.3) is 0 Å². The summed E-state index contributed by atoms with van der Waals surface area (Å²) >= 11 is 12.3. The number of nitrogens with one attached hydrogen (secondary N) is 1. The van der Waals surface area contributed by atoms with Crippen molar-refractivity contribution in [2.75, 3.05) is 12.4 Å². The Bertz CT molecular complexity index is 639. The van der Waals surface area contributed by atoms with E-state index in [0.717, 1.165) is 24.1 Å². The highest BCUT2D eigenvalue weighted by molar-refractivity contribution is 6.42. The predicted molar refractivity (Wildman–Crippen MR) is 77.2 cm³/mol. The van der Waals surface area contributed by atoms with Gasteiger partial charge in [0.2, 0.25) is 0 Å². The van der Waals surface area contributed by atoms with Crippen LogP contribution in [0.2, 0.25) is 10.0 Å². The summed E-state index contributed by atoms with van der Waals surface area (Å²) in [4.78, 5) is 12.0. The topological polar surface area (TPSA) is 67.4 Å². The lowest BCUT2D eigenvalue weighted by Crippen LogP contribution is -2.48. The van der Waals surface area contributed by atoms with Crippen LogP contribution >= 0.6 is 23.2 Å². The smallest absolute Gasteiger partial charge is 0.349 e. The average molecular weight is 315 g/mol. The SMILES string of the molecule is COC(=O)C1([N+]2=C(N)Nc3ccc(Cl)c(Cl)c3C2)CC1. The molecule has 0 unspecified atom stereocenters. The Kier molecular flexibility index (Phi) is 3.06. The van der Waals surface area contributed by atoms with Gasteiger partial charge in [-0.15, -0.1) is 0 Å². The van der Waals surface area contributed by atoms with Crippen molar-refractivity contribution in [1.29, 1.82) is 0 Å². The van der Waals surface area contributed by atoms with Crippen molar-refractivity contribution in [3.05, 3.63) is 27.7 Å². The number of halogens is 2. The Morgan fingerprint density at radius 3 is 2.75 bits per heavy atom. The van der Waals surface area contributed by atoms with Crippen LogP contribution in [0.3, 0.4) is 0 Å². The third-order valence-corrected chi connectivity index (χ3v) is 4.71. The molecule has 1 aromatic rings. The second-order valence-corrected chi connectivity index (χ2v) is 5.79. The highest BCUT2D eigenvalue weighted by atomic mass is 35.5. The van der Waals surface area contributed by atoms with Crippen LogP contribution in [0.4, 0.5) is 5.69 Å². The number of rotatable bonds is 2. The fraction of sp³-hybridized carbons (Fsp3) is 0.385. The minimum Gasteiger partial charge on any atom is -0.466 e. The molecule has 0 saturated heterocycles. The lowest BCUT2D eigenvalue weighted by molar-refractivity contribution is -0.585. The first-order valence-corrected chi connectivity index (χ1v) is 6.97. The van der Waals surface area contributed by atoms with Gasteiger partial charge < -0.3 is 4.74 Å². The van der Waals surface area contributed by atoms with Gasteiger partial charge in [0.05, 0.1) is 23.7 Å². The lowest BCUT2D eigenvalue weighted by Gasteiger charge is -2.25. The van der Waals surface area contributed by atoms with E-state index in [4.69, 9.17) is 33.7 Å². The van der Waals surface area contributed by atoms with E-state index in [0.29, 0.717) is 22.5 Å². The highest BCUT2D eigenvalue weighted by Gasteiger charge is 2.58. The molecule has 0 spiro atoms. The van der Waals surface area contributed by atoms with E-state index in [2.05, 4.69) is 5.32 Å². The summed E-state index contributed by atoms with van der Waals surface area (Å²) in [5.41, 5.74) is 7.03. The number of ether oxygens (including phenoxy) is 1. The Labute approximate surface area is 126 Å². The summed E-state index contributed by atoms with van der Waals surface area (Å²) in [6.45, 7) is 0.433. The number of esters is 1. The van der Waals surface area contributed by atoms with Gasteiger partial charge in [0.1, 0.15) is 5.69 Å². The molecule has 2 aliphatic rings. The molecule has 5 nitrogen and oxygen atoms in total. The summed E-state index contributed by atoms with van der Waals surface area (Å²) in [5, 5.41) is 4.04. The normalized spacial score (nSPS) is 19.1. The van der Waals surface area contributed by atoms with E-state index in [1.807, 2.05) is 10.6 Å². The number of nitrogens with zero attached hydrogens (tertiary/aromatic N) is 1. The molecule has 1 heterocycles. The second-order valence-electron chi connectivity index (χ2n) is 5.01. The van der Waals surface area contributed by atoms with Crippen molar-refractivity contribution < 1.29 is 14.1 Å². The molecule has 1 aliphatic carbocycles. The van der Waals surface area contributed by atoms with Crippen molar-refractivity contribution >= 4 is 40.8 Å². The van der Waals surface area contributed by atoms with Gasteiger partial charge >= 0.3 is 11.9 Å². The van der Waals surface area contributed by atoms with Gasteiger partial charge in [-0.2, -0.15) is 0 Å². The molecule has 0 aromatic heterocycles. The molecule has 0 radical (unpaired) electrons. The van der Waals surface area contributed by atoms with Crippen LogP contribution in [0, 0.1) is 0 Å². The maximum Gasteiger partial charge on any atom is 0.349 e. The molecule has 7 heteroatoms. The van der Waals surface area contributed by atoms with Crippen molar-refractivity contribution in [2.45, 2.75) is 24.9 Å². The number of hydrogen-bond donors (Lipinski definition) is 2. The van der Waals surface area contributed by atoms with Gasteiger partial charge in [-0.25, -0.2) is 14.7 Å². The quantitative estimate of drug-likeness (QED) is 0.647. The van der Waals surface area contributed by atoms with Crippen LogP contribution < -0.4 is 11.1 Å². The molecular weight excluding hydrogens is 301 g/mol. The van der Waals surface area contributed by atoms with Gasteiger partial charge in [-0.1, -0.05) is 23.2 Å². The van der Waals surface area contributed by atoms with E-state index >= 15 is 0 Å². The zero-order chi connectivity index (χ0) is 14.5. The average Bonchev–Trinajstić information content (AvgIpc) is 3.23. The predicted octanol–water partition coefficient (Wildman–Crippen LogP) is 1.95. The fourth-order valence-electron chi connectivity index (χ4n) is 2.59. The van der Waals surface area contributed by atoms with Crippen molar-refractivity contribution in [2.24, 2.45) is 5.73 Å². The van der Waals surface area contributed by atoms with Crippen molar-refractivity contribution in [3.8, 4) is 0 Å². The zero-order valence-electron chi connectivity index (χ0n) is 10.9. The monoisotopic (exact) mass is 314 g/mol. The van der Waals surface area contributed by atoms with Gasteiger partial charge in [-0.05, 0) is 25.0 Å². The molecular formula is C13H14Cl2N3O2+. The molecule has 1 aromatic carbocycles. The van der Waals surface area contributed by atoms with Gasteiger partial charge in [0.25, 0.3) is 0 Å². The van der Waals surface area contributed by atoms with Crippen LogP contribution in [0.1, 0.15) is 18.4 Å². The molecule has 0 amide bonds. The molecule has 1 fully saturated rings. The first-order chi connectivity index (χ1) is 9.49.